The molecule has 5 nitrogen and oxygen atoms in total. The Bertz CT molecular complexity index is 626. The Hall–Kier alpha value is -1.59. The summed E-state index contributed by atoms with van der Waals surface area (Å²) >= 11 is 0. The maximum Gasteiger partial charge on any atom is 0.118 e. The van der Waals surface area contributed by atoms with Gasteiger partial charge in [0.15, 0.2) is 0 Å². The predicted octanol–water partition coefficient (Wildman–Crippen LogP) is 3.29. The van der Waals surface area contributed by atoms with Gasteiger partial charge in [-0.15, -0.1) is 0 Å². The van der Waals surface area contributed by atoms with E-state index in [4.69, 9.17) is 9.15 Å². The van der Waals surface area contributed by atoms with Crippen LogP contribution in [0.4, 0.5) is 0 Å². The van der Waals surface area contributed by atoms with E-state index in [0.717, 1.165) is 56.4 Å². The van der Waals surface area contributed by atoms with E-state index >= 15 is 0 Å². The average Bonchev–Trinajstić information content (AvgIpc) is 3.23. The van der Waals surface area contributed by atoms with Crippen molar-refractivity contribution in [3.05, 3.63) is 41.1 Å². The number of aromatic nitrogens is 2. The van der Waals surface area contributed by atoms with Gasteiger partial charge in [0, 0.05) is 38.0 Å². The van der Waals surface area contributed by atoms with Crippen molar-refractivity contribution in [1.29, 1.82) is 0 Å². The molecule has 1 fully saturated rings. The zero-order valence-corrected chi connectivity index (χ0v) is 14.4. The smallest absolute Gasteiger partial charge is 0.118 e. The molecule has 1 saturated heterocycles. The Morgan fingerprint density at radius 1 is 1.30 bits per heavy atom. The highest BCUT2D eigenvalue weighted by molar-refractivity contribution is 5.15. The van der Waals surface area contributed by atoms with Crippen molar-refractivity contribution < 1.29 is 9.15 Å². The minimum atomic E-state index is 0.340. The molecule has 1 aliphatic rings. The van der Waals surface area contributed by atoms with E-state index < -0.39 is 0 Å². The van der Waals surface area contributed by atoms with Crippen LogP contribution in [0.2, 0.25) is 0 Å². The molecular formula is C18H27N3O2. The highest BCUT2D eigenvalue weighted by Gasteiger charge is 2.21. The quantitative estimate of drug-likeness (QED) is 0.786. The highest BCUT2D eigenvalue weighted by Crippen LogP contribution is 2.19. The molecular weight excluding hydrogens is 290 g/mol. The van der Waals surface area contributed by atoms with Gasteiger partial charge in [-0.1, -0.05) is 0 Å². The van der Waals surface area contributed by atoms with Gasteiger partial charge < -0.3 is 9.15 Å². The van der Waals surface area contributed by atoms with Crippen molar-refractivity contribution in [2.45, 2.75) is 59.4 Å². The molecule has 0 aliphatic carbocycles. The zero-order chi connectivity index (χ0) is 16.2. The van der Waals surface area contributed by atoms with Gasteiger partial charge in [-0.2, -0.15) is 5.10 Å². The van der Waals surface area contributed by atoms with Crippen LogP contribution >= 0.6 is 0 Å². The van der Waals surface area contributed by atoms with Crippen molar-refractivity contribution in [1.82, 2.24) is 14.7 Å². The molecule has 2 aromatic heterocycles. The van der Waals surface area contributed by atoms with Crippen LogP contribution in [0.3, 0.4) is 0 Å². The van der Waals surface area contributed by atoms with Gasteiger partial charge in [-0.3, -0.25) is 9.58 Å². The molecule has 23 heavy (non-hydrogen) atoms. The van der Waals surface area contributed by atoms with Gasteiger partial charge in [0.2, 0.25) is 0 Å². The van der Waals surface area contributed by atoms with E-state index in [1.165, 1.54) is 12.0 Å². The van der Waals surface area contributed by atoms with Crippen LogP contribution in [-0.4, -0.2) is 33.9 Å². The molecule has 1 atom stereocenters. The fourth-order valence-electron chi connectivity index (χ4n) is 3.17. The first-order valence-corrected chi connectivity index (χ1v) is 8.56. The lowest BCUT2D eigenvalue weighted by atomic mass is 10.2. The second-order valence-electron chi connectivity index (χ2n) is 6.41. The maximum absolute atomic E-state index is 5.83. The molecule has 0 aromatic carbocycles. The van der Waals surface area contributed by atoms with Gasteiger partial charge >= 0.3 is 0 Å². The van der Waals surface area contributed by atoms with Crippen LogP contribution in [0.5, 0.6) is 0 Å². The molecule has 0 saturated carbocycles. The summed E-state index contributed by atoms with van der Waals surface area (Å²) in [5, 5.41) is 4.56. The van der Waals surface area contributed by atoms with Gasteiger partial charge in [0.05, 0.1) is 18.3 Å². The fourth-order valence-corrected chi connectivity index (χ4v) is 3.17. The summed E-state index contributed by atoms with van der Waals surface area (Å²) in [6.45, 7) is 10.6. The average molecular weight is 317 g/mol. The van der Waals surface area contributed by atoms with Crippen LogP contribution < -0.4 is 0 Å². The first-order valence-electron chi connectivity index (χ1n) is 8.56. The summed E-state index contributed by atoms with van der Waals surface area (Å²) in [6, 6.07) is 4.10. The van der Waals surface area contributed by atoms with Gasteiger partial charge in [0.1, 0.15) is 11.5 Å². The number of hydrogen-bond donors (Lipinski definition) is 0. The molecule has 5 heteroatoms. The Kier molecular flexibility index (Phi) is 5.18. The summed E-state index contributed by atoms with van der Waals surface area (Å²) in [4.78, 5) is 2.41. The van der Waals surface area contributed by atoms with Crippen molar-refractivity contribution >= 4 is 0 Å². The first-order chi connectivity index (χ1) is 11.1. The Morgan fingerprint density at radius 2 is 2.17 bits per heavy atom. The second-order valence-corrected chi connectivity index (χ2v) is 6.41. The van der Waals surface area contributed by atoms with Crippen LogP contribution in [0.25, 0.3) is 0 Å². The molecule has 0 N–H and O–H groups in total. The van der Waals surface area contributed by atoms with Crippen molar-refractivity contribution in [2.24, 2.45) is 0 Å². The number of furan rings is 1. The van der Waals surface area contributed by atoms with Crippen LogP contribution in [-0.2, 0) is 24.4 Å². The molecule has 1 aliphatic heterocycles. The lowest BCUT2D eigenvalue weighted by molar-refractivity contribution is 0.0653. The minimum absolute atomic E-state index is 0.340. The van der Waals surface area contributed by atoms with E-state index in [2.05, 4.69) is 36.1 Å². The lowest BCUT2D eigenvalue weighted by Gasteiger charge is -2.24. The molecule has 3 rings (SSSR count). The Balaban J connectivity index is 1.71. The summed E-state index contributed by atoms with van der Waals surface area (Å²) in [7, 11) is 0. The van der Waals surface area contributed by atoms with Gasteiger partial charge in [-0.05, 0) is 45.7 Å². The highest BCUT2D eigenvalue weighted by atomic mass is 16.5. The normalized spacial score (nSPS) is 18.2. The van der Waals surface area contributed by atoms with E-state index in [0.29, 0.717) is 6.10 Å². The molecule has 0 bridgehead atoms. The first kappa shape index (κ1) is 16.3. The Morgan fingerprint density at radius 3 is 2.78 bits per heavy atom. The number of hydrogen-bond acceptors (Lipinski definition) is 4. The number of ether oxygens (including phenoxy) is 1. The molecule has 0 spiro atoms. The molecule has 2 aromatic rings. The SMILES string of the molecule is CCn1cc(CN(Cc2ccc(C)o2)CC2CCCO2)c(C)n1. The largest absolute Gasteiger partial charge is 0.465 e. The Labute approximate surface area is 138 Å². The predicted molar refractivity (Wildman–Crippen MR) is 89.2 cm³/mol. The standard InChI is InChI=1S/C18H27N3O2/c1-4-21-11-16(15(3)19-21)10-20(12-17-6-5-9-22-17)13-18-8-7-14(2)23-18/h7-8,11,17H,4-6,9-10,12-13H2,1-3H3. The molecule has 3 heterocycles. The zero-order valence-electron chi connectivity index (χ0n) is 14.4. The van der Waals surface area contributed by atoms with Gasteiger partial charge in [0.25, 0.3) is 0 Å². The third kappa shape index (κ3) is 4.24. The van der Waals surface area contributed by atoms with E-state index in [9.17, 15) is 0 Å². The second kappa shape index (κ2) is 7.32. The summed E-state index contributed by atoms with van der Waals surface area (Å²) < 4.78 is 13.6. The lowest BCUT2D eigenvalue weighted by Crippen LogP contribution is -2.31. The number of rotatable bonds is 7. The van der Waals surface area contributed by atoms with Crippen LogP contribution in [0.15, 0.2) is 22.7 Å². The van der Waals surface area contributed by atoms with Crippen LogP contribution in [0.1, 0.15) is 42.5 Å². The van der Waals surface area contributed by atoms with Crippen LogP contribution in [0, 0.1) is 13.8 Å². The number of aryl methyl sites for hydroxylation is 3. The minimum Gasteiger partial charge on any atom is -0.465 e. The topological polar surface area (TPSA) is 43.4 Å². The van der Waals surface area contributed by atoms with Crippen molar-refractivity contribution in [2.75, 3.05) is 13.2 Å². The summed E-state index contributed by atoms with van der Waals surface area (Å²) in [5.41, 5.74) is 2.40. The number of nitrogens with zero attached hydrogens (tertiary/aromatic N) is 3. The van der Waals surface area contributed by atoms with E-state index in [-0.39, 0.29) is 0 Å². The maximum atomic E-state index is 5.83. The summed E-state index contributed by atoms with van der Waals surface area (Å²) in [5.74, 6) is 1.98. The molecule has 126 valence electrons. The molecule has 0 radical (unpaired) electrons. The molecule has 1 unspecified atom stereocenters. The third-order valence-corrected chi connectivity index (χ3v) is 4.43. The van der Waals surface area contributed by atoms with Crippen molar-refractivity contribution in [3.8, 4) is 0 Å². The van der Waals surface area contributed by atoms with E-state index in [1.54, 1.807) is 0 Å². The van der Waals surface area contributed by atoms with Gasteiger partial charge in [-0.25, -0.2) is 0 Å². The summed E-state index contributed by atoms with van der Waals surface area (Å²) in [6.07, 6.45) is 4.82. The van der Waals surface area contributed by atoms with E-state index in [1.807, 2.05) is 17.7 Å². The monoisotopic (exact) mass is 317 g/mol. The van der Waals surface area contributed by atoms with Crippen molar-refractivity contribution in [3.63, 3.8) is 0 Å². The third-order valence-electron chi connectivity index (χ3n) is 4.43. The molecule has 0 amide bonds. The fraction of sp³-hybridized carbons (Fsp3) is 0.611.